The topological polar surface area (TPSA) is 17.8 Å². The standard InChI is InChI=1S/C43H34N2/c1-4-25-45-38-20-12-11-19-37(38)44-42(45)28-23-21-27(22-24-28)35-26-36-39-32-16-8-5-13-29(32)30-14-6-10-18-34(30)41(39)43(2,3)40(36)33-17-9-7-15-31(33)35/h5-24,26H,4,25H2,1-3H3. The number of imidazole rings is 1. The first-order valence-electron chi connectivity index (χ1n) is 16.1. The van der Waals surface area contributed by atoms with E-state index in [-0.39, 0.29) is 5.41 Å². The average Bonchev–Trinajstić information content (AvgIpc) is 3.57. The molecule has 0 bridgehead atoms. The van der Waals surface area contributed by atoms with E-state index in [2.05, 4.69) is 153 Å². The second-order valence-corrected chi connectivity index (χ2v) is 13.0. The number of rotatable bonds is 4. The first-order chi connectivity index (χ1) is 22.1. The fourth-order valence-electron chi connectivity index (χ4n) is 8.22. The Morgan fingerprint density at radius 3 is 1.82 bits per heavy atom. The van der Waals surface area contributed by atoms with Crippen LogP contribution in [-0.2, 0) is 12.0 Å². The molecule has 0 spiro atoms. The molecule has 9 rings (SSSR count). The molecule has 0 fully saturated rings. The van der Waals surface area contributed by atoms with Crippen molar-refractivity contribution in [2.75, 3.05) is 0 Å². The summed E-state index contributed by atoms with van der Waals surface area (Å²) in [7, 11) is 0. The molecule has 2 heteroatoms. The molecule has 0 atom stereocenters. The molecular formula is C43H34N2. The highest BCUT2D eigenvalue weighted by molar-refractivity contribution is 6.20. The van der Waals surface area contributed by atoms with Crippen LogP contribution in [0.5, 0.6) is 0 Å². The maximum atomic E-state index is 5.06. The van der Waals surface area contributed by atoms with Crippen LogP contribution < -0.4 is 0 Å². The van der Waals surface area contributed by atoms with Crippen molar-refractivity contribution in [1.82, 2.24) is 9.55 Å². The number of aromatic nitrogens is 2. The van der Waals surface area contributed by atoms with Crippen LogP contribution in [0.25, 0.3) is 77.0 Å². The van der Waals surface area contributed by atoms with Gasteiger partial charge in [-0.05, 0) is 90.3 Å². The van der Waals surface area contributed by atoms with Gasteiger partial charge in [0.05, 0.1) is 11.0 Å². The van der Waals surface area contributed by atoms with Crippen LogP contribution in [0.1, 0.15) is 38.3 Å². The fraction of sp³-hybridized carbons (Fsp3) is 0.140. The smallest absolute Gasteiger partial charge is 0.141 e. The van der Waals surface area contributed by atoms with Crippen LogP contribution in [0.2, 0.25) is 0 Å². The van der Waals surface area contributed by atoms with E-state index in [4.69, 9.17) is 4.98 Å². The van der Waals surface area contributed by atoms with Gasteiger partial charge in [-0.25, -0.2) is 4.98 Å². The quantitative estimate of drug-likeness (QED) is 0.190. The lowest BCUT2D eigenvalue weighted by molar-refractivity contribution is 0.672. The number of aryl methyl sites for hydroxylation is 1. The molecule has 216 valence electrons. The van der Waals surface area contributed by atoms with Crippen molar-refractivity contribution >= 4 is 43.4 Å². The first kappa shape index (κ1) is 26.2. The molecule has 0 unspecified atom stereocenters. The third-order valence-electron chi connectivity index (χ3n) is 10.1. The molecule has 1 heterocycles. The van der Waals surface area contributed by atoms with Gasteiger partial charge < -0.3 is 4.57 Å². The normalized spacial score (nSPS) is 13.6. The van der Waals surface area contributed by atoms with Crippen molar-refractivity contribution in [1.29, 1.82) is 0 Å². The van der Waals surface area contributed by atoms with Crippen LogP contribution in [-0.4, -0.2) is 9.55 Å². The van der Waals surface area contributed by atoms with Crippen molar-refractivity contribution in [3.63, 3.8) is 0 Å². The van der Waals surface area contributed by atoms with E-state index < -0.39 is 0 Å². The van der Waals surface area contributed by atoms with E-state index in [1.165, 1.54) is 71.2 Å². The van der Waals surface area contributed by atoms with Gasteiger partial charge in [-0.1, -0.05) is 130 Å². The molecule has 0 radical (unpaired) electrons. The predicted octanol–water partition coefficient (Wildman–Crippen LogP) is 11.5. The monoisotopic (exact) mass is 578 g/mol. The van der Waals surface area contributed by atoms with Gasteiger partial charge in [-0.15, -0.1) is 0 Å². The number of hydrogen-bond acceptors (Lipinski definition) is 1. The van der Waals surface area contributed by atoms with Gasteiger partial charge >= 0.3 is 0 Å². The molecule has 7 aromatic carbocycles. The second kappa shape index (κ2) is 9.64. The molecule has 2 nitrogen and oxygen atoms in total. The molecule has 45 heavy (non-hydrogen) atoms. The second-order valence-electron chi connectivity index (χ2n) is 13.0. The molecule has 0 saturated carbocycles. The zero-order valence-electron chi connectivity index (χ0n) is 25.9. The molecule has 0 N–H and O–H groups in total. The van der Waals surface area contributed by atoms with Crippen molar-refractivity contribution in [2.24, 2.45) is 0 Å². The van der Waals surface area contributed by atoms with Crippen LogP contribution in [0.4, 0.5) is 0 Å². The van der Waals surface area contributed by atoms with Crippen LogP contribution in [0.15, 0.2) is 127 Å². The van der Waals surface area contributed by atoms with Gasteiger partial charge in [0.2, 0.25) is 0 Å². The fourth-order valence-corrected chi connectivity index (χ4v) is 8.22. The number of fused-ring (bicyclic) bond motifs is 11. The van der Waals surface area contributed by atoms with Crippen LogP contribution in [0, 0.1) is 0 Å². The number of nitrogens with zero attached hydrogens (tertiary/aromatic N) is 2. The zero-order valence-corrected chi connectivity index (χ0v) is 25.9. The summed E-state index contributed by atoms with van der Waals surface area (Å²) in [6, 6.07) is 47.0. The van der Waals surface area contributed by atoms with Crippen molar-refractivity contribution < 1.29 is 0 Å². The molecule has 1 aliphatic carbocycles. The summed E-state index contributed by atoms with van der Waals surface area (Å²) in [4.78, 5) is 5.06. The zero-order chi connectivity index (χ0) is 30.3. The van der Waals surface area contributed by atoms with Gasteiger partial charge in [0.15, 0.2) is 0 Å². The van der Waals surface area contributed by atoms with E-state index in [0.29, 0.717) is 0 Å². The number of hydrogen-bond donors (Lipinski definition) is 0. The van der Waals surface area contributed by atoms with Gasteiger partial charge in [0, 0.05) is 17.5 Å². The molecular weight excluding hydrogens is 544 g/mol. The van der Waals surface area contributed by atoms with Gasteiger partial charge in [0.1, 0.15) is 5.82 Å². The summed E-state index contributed by atoms with van der Waals surface area (Å²) in [5, 5.41) is 8.00. The minimum absolute atomic E-state index is 0.144. The van der Waals surface area contributed by atoms with Crippen molar-refractivity contribution in [3.8, 4) is 33.6 Å². The largest absolute Gasteiger partial charge is 0.324 e. The molecule has 0 aliphatic heterocycles. The highest BCUT2D eigenvalue weighted by Gasteiger charge is 2.40. The molecule has 1 aromatic heterocycles. The maximum Gasteiger partial charge on any atom is 0.141 e. The van der Waals surface area contributed by atoms with Crippen LogP contribution in [0.3, 0.4) is 0 Å². The van der Waals surface area contributed by atoms with Crippen molar-refractivity contribution in [3.05, 3.63) is 139 Å². The van der Waals surface area contributed by atoms with E-state index in [9.17, 15) is 0 Å². The highest BCUT2D eigenvalue weighted by Crippen LogP contribution is 2.57. The molecule has 0 amide bonds. The van der Waals surface area contributed by atoms with E-state index in [0.717, 1.165) is 29.9 Å². The Kier molecular flexibility index (Phi) is 5.62. The summed E-state index contributed by atoms with van der Waals surface area (Å²) in [5.74, 6) is 1.04. The number of para-hydroxylation sites is 2. The Morgan fingerprint density at radius 2 is 1.11 bits per heavy atom. The number of benzene rings is 7. The van der Waals surface area contributed by atoms with E-state index in [1.54, 1.807) is 0 Å². The lowest BCUT2D eigenvalue weighted by atomic mass is 9.77. The summed E-state index contributed by atoms with van der Waals surface area (Å²) in [6.45, 7) is 8.02. The lowest BCUT2D eigenvalue weighted by Crippen LogP contribution is -2.16. The summed E-state index contributed by atoms with van der Waals surface area (Å²) in [5.41, 5.74) is 11.4. The van der Waals surface area contributed by atoms with Crippen LogP contribution >= 0.6 is 0 Å². The third kappa shape index (κ3) is 3.66. The van der Waals surface area contributed by atoms with Gasteiger partial charge in [-0.2, -0.15) is 0 Å². The molecule has 1 aliphatic rings. The molecule has 8 aromatic rings. The Labute approximate surface area is 263 Å². The average molecular weight is 579 g/mol. The SMILES string of the molecule is CCCn1c(-c2ccc(-c3cc4c(c5ccccc35)C(C)(C)c3c-4c4ccccc4c4ccccc34)cc2)nc2ccccc21. The van der Waals surface area contributed by atoms with Gasteiger partial charge in [0.25, 0.3) is 0 Å². The Hall–Kier alpha value is -5.21. The minimum Gasteiger partial charge on any atom is -0.324 e. The minimum atomic E-state index is -0.144. The third-order valence-corrected chi connectivity index (χ3v) is 10.1. The predicted molar refractivity (Wildman–Crippen MR) is 191 cm³/mol. The lowest BCUT2D eigenvalue weighted by Gasteiger charge is -2.25. The van der Waals surface area contributed by atoms with Crippen molar-refractivity contribution in [2.45, 2.75) is 39.2 Å². The Balaban J connectivity index is 1.29. The summed E-state index contributed by atoms with van der Waals surface area (Å²) >= 11 is 0. The summed E-state index contributed by atoms with van der Waals surface area (Å²) < 4.78 is 2.36. The van der Waals surface area contributed by atoms with E-state index >= 15 is 0 Å². The Morgan fingerprint density at radius 1 is 0.556 bits per heavy atom. The summed E-state index contributed by atoms with van der Waals surface area (Å²) in [6.07, 6.45) is 1.06. The van der Waals surface area contributed by atoms with Gasteiger partial charge in [-0.3, -0.25) is 0 Å². The molecule has 0 saturated heterocycles. The highest BCUT2D eigenvalue weighted by atomic mass is 15.1. The Bertz CT molecular complexity index is 2460. The first-order valence-corrected chi connectivity index (χ1v) is 16.1. The van der Waals surface area contributed by atoms with E-state index in [1.807, 2.05) is 0 Å². The maximum absolute atomic E-state index is 5.06.